The molecule has 0 bridgehead atoms. The topological polar surface area (TPSA) is 9.23 Å². The van der Waals surface area contributed by atoms with E-state index in [4.69, 9.17) is 4.74 Å². The zero-order valence-electron chi connectivity index (χ0n) is 12.2. The highest BCUT2D eigenvalue weighted by atomic mass is 16.5. The van der Waals surface area contributed by atoms with Gasteiger partial charge in [0.2, 0.25) is 0 Å². The van der Waals surface area contributed by atoms with Crippen LogP contribution in [0.5, 0.6) is 5.75 Å². The second-order valence-corrected chi connectivity index (χ2v) is 5.34. The molecule has 1 aromatic rings. The van der Waals surface area contributed by atoms with E-state index in [1.807, 2.05) is 0 Å². The number of rotatable bonds is 9. The fraction of sp³-hybridized carbons (Fsp3) is 0.647. The van der Waals surface area contributed by atoms with E-state index in [1.54, 1.807) is 0 Å². The van der Waals surface area contributed by atoms with Crippen LogP contribution in [0.3, 0.4) is 0 Å². The van der Waals surface area contributed by atoms with Crippen molar-refractivity contribution in [2.24, 2.45) is 0 Å². The third-order valence-electron chi connectivity index (χ3n) is 3.31. The summed E-state index contributed by atoms with van der Waals surface area (Å²) >= 11 is 0. The van der Waals surface area contributed by atoms with Crippen molar-refractivity contribution >= 4 is 0 Å². The molecule has 102 valence electrons. The van der Waals surface area contributed by atoms with Crippen LogP contribution in [0.1, 0.15) is 70.8 Å². The van der Waals surface area contributed by atoms with E-state index in [2.05, 4.69) is 45.0 Å². The Labute approximate surface area is 113 Å². The monoisotopic (exact) mass is 248 g/mol. The molecule has 0 N–H and O–H groups in total. The molecule has 0 fully saturated rings. The lowest BCUT2D eigenvalue weighted by Gasteiger charge is -2.08. The lowest BCUT2D eigenvalue weighted by atomic mass is 10.0. The molecule has 0 aliphatic carbocycles. The van der Waals surface area contributed by atoms with Gasteiger partial charge in [0.1, 0.15) is 5.75 Å². The molecule has 0 radical (unpaired) electrons. The lowest BCUT2D eigenvalue weighted by molar-refractivity contribution is 0.304. The molecule has 0 aliphatic heterocycles. The molecule has 1 rings (SSSR count). The van der Waals surface area contributed by atoms with Gasteiger partial charge < -0.3 is 4.74 Å². The zero-order chi connectivity index (χ0) is 13.2. The Bertz CT molecular complexity index is 300. The third-order valence-corrected chi connectivity index (χ3v) is 3.31. The highest BCUT2D eigenvalue weighted by Gasteiger charge is 1.99. The summed E-state index contributed by atoms with van der Waals surface area (Å²) in [4.78, 5) is 0. The summed E-state index contributed by atoms with van der Waals surface area (Å²) in [6.07, 6.45) is 7.89. The van der Waals surface area contributed by atoms with Gasteiger partial charge in [-0.05, 0) is 30.0 Å². The first-order chi connectivity index (χ1) is 8.74. The van der Waals surface area contributed by atoms with Crippen LogP contribution in [0.25, 0.3) is 0 Å². The van der Waals surface area contributed by atoms with Crippen LogP contribution in [0, 0.1) is 0 Å². The minimum atomic E-state index is 0.595. The average molecular weight is 248 g/mol. The minimum Gasteiger partial charge on any atom is -0.494 e. The van der Waals surface area contributed by atoms with Crippen LogP contribution in [-0.4, -0.2) is 6.61 Å². The zero-order valence-corrected chi connectivity index (χ0v) is 12.2. The fourth-order valence-corrected chi connectivity index (χ4v) is 2.02. The molecule has 0 heterocycles. The molecule has 0 aliphatic rings. The van der Waals surface area contributed by atoms with Gasteiger partial charge in [0.25, 0.3) is 0 Å². The molecule has 1 aromatic carbocycles. The Morgan fingerprint density at radius 3 is 2.11 bits per heavy atom. The van der Waals surface area contributed by atoms with Crippen LogP contribution in [0.15, 0.2) is 24.3 Å². The van der Waals surface area contributed by atoms with Crippen LogP contribution in [0.2, 0.25) is 0 Å². The van der Waals surface area contributed by atoms with Crippen LogP contribution < -0.4 is 4.74 Å². The van der Waals surface area contributed by atoms with Gasteiger partial charge in [0.15, 0.2) is 0 Å². The fourth-order valence-electron chi connectivity index (χ4n) is 2.02. The molecule has 0 aromatic heterocycles. The smallest absolute Gasteiger partial charge is 0.119 e. The normalized spacial score (nSPS) is 10.9. The first kappa shape index (κ1) is 15.1. The van der Waals surface area contributed by atoms with Crippen molar-refractivity contribution in [3.8, 4) is 5.75 Å². The maximum atomic E-state index is 5.75. The van der Waals surface area contributed by atoms with Gasteiger partial charge in [-0.3, -0.25) is 0 Å². The van der Waals surface area contributed by atoms with Gasteiger partial charge in [0, 0.05) is 0 Å². The Kier molecular flexibility index (Phi) is 7.55. The highest BCUT2D eigenvalue weighted by molar-refractivity contribution is 5.28. The Morgan fingerprint density at radius 1 is 0.889 bits per heavy atom. The SMILES string of the molecule is CCCCCCCCOc1ccc(C(C)C)cc1. The number of benzene rings is 1. The van der Waals surface area contributed by atoms with Crippen molar-refractivity contribution in [1.29, 1.82) is 0 Å². The van der Waals surface area contributed by atoms with Crippen LogP contribution in [0.4, 0.5) is 0 Å². The van der Waals surface area contributed by atoms with E-state index < -0.39 is 0 Å². The molecule has 0 saturated carbocycles. The molecule has 1 nitrogen and oxygen atoms in total. The van der Waals surface area contributed by atoms with E-state index in [1.165, 1.54) is 44.1 Å². The predicted molar refractivity (Wildman–Crippen MR) is 79.4 cm³/mol. The average Bonchev–Trinajstić information content (AvgIpc) is 2.38. The summed E-state index contributed by atoms with van der Waals surface area (Å²) in [5.41, 5.74) is 1.38. The first-order valence-electron chi connectivity index (χ1n) is 7.46. The quantitative estimate of drug-likeness (QED) is 0.521. The number of ether oxygens (including phenoxy) is 1. The van der Waals surface area contributed by atoms with Gasteiger partial charge in [-0.25, -0.2) is 0 Å². The van der Waals surface area contributed by atoms with Gasteiger partial charge in [-0.1, -0.05) is 65.0 Å². The maximum Gasteiger partial charge on any atom is 0.119 e. The second-order valence-electron chi connectivity index (χ2n) is 5.34. The van der Waals surface area contributed by atoms with Crippen molar-refractivity contribution in [2.45, 2.75) is 65.2 Å². The van der Waals surface area contributed by atoms with E-state index >= 15 is 0 Å². The number of hydrogen-bond donors (Lipinski definition) is 0. The van der Waals surface area contributed by atoms with Crippen molar-refractivity contribution in [1.82, 2.24) is 0 Å². The van der Waals surface area contributed by atoms with Gasteiger partial charge >= 0.3 is 0 Å². The summed E-state index contributed by atoms with van der Waals surface area (Å²) < 4.78 is 5.75. The van der Waals surface area contributed by atoms with E-state index in [-0.39, 0.29) is 0 Å². The van der Waals surface area contributed by atoms with Gasteiger partial charge in [-0.2, -0.15) is 0 Å². The third kappa shape index (κ3) is 6.09. The van der Waals surface area contributed by atoms with Crippen molar-refractivity contribution < 1.29 is 4.74 Å². The van der Waals surface area contributed by atoms with Crippen LogP contribution in [-0.2, 0) is 0 Å². The van der Waals surface area contributed by atoms with E-state index in [9.17, 15) is 0 Å². The van der Waals surface area contributed by atoms with E-state index in [0.29, 0.717) is 5.92 Å². The van der Waals surface area contributed by atoms with Gasteiger partial charge in [-0.15, -0.1) is 0 Å². The molecule has 0 saturated heterocycles. The predicted octanol–water partition coefficient (Wildman–Crippen LogP) is 5.55. The second kappa shape index (κ2) is 9.02. The summed E-state index contributed by atoms with van der Waals surface area (Å²) in [7, 11) is 0. The summed E-state index contributed by atoms with van der Waals surface area (Å²) in [5, 5.41) is 0. The highest BCUT2D eigenvalue weighted by Crippen LogP contribution is 2.18. The lowest BCUT2D eigenvalue weighted by Crippen LogP contribution is -1.97. The van der Waals surface area contributed by atoms with Crippen molar-refractivity contribution in [2.75, 3.05) is 6.61 Å². The molecular weight excluding hydrogens is 220 g/mol. The molecule has 0 spiro atoms. The van der Waals surface area contributed by atoms with Crippen molar-refractivity contribution in [3.63, 3.8) is 0 Å². The largest absolute Gasteiger partial charge is 0.494 e. The molecule has 0 unspecified atom stereocenters. The minimum absolute atomic E-state index is 0.595. The number of hydrogen-bond acceptors (Lipinski definition) is 1. The number of unbranched alkanes of at least 4 members (excludes halogenated alkanes) is 5. The van der Waals surface area contributed by atoms with E-state index in [0.717, 1.165) is 12.4 Å². The summed E-state index contributed by atoms with van der Waals surface area (Å²) in [5.74, 6) is 1.60. The molecular formula is C17H28O. The summed E-state index contributed by atoms with van der Waals surface area (Å²) in [6, 6.07) is 8.52. The van der Waals surface area contributed by atoms with Gasteiger partial charge in [0.05, 0.1) is 6.61 Å². The molecule has 0 amide bonds. The first-order valence-corrected chi connectivity index (χ1v) is 7.46. The summed E-state index contributed by atoms with van der Waals surface area (Å²) in [6.45, 7) is 7.54. The maximum absolute atomic E-state index is 5.75. The molecule has 0 atom stereocenters. The Hall–Kier alpha value is -0.980. The van der Waals surface area contributed by atoms with Crippen molar-refractivity contribution in [3.05, 3.63) is 29.8 Å². The Morgan fingerprint density at radius 2 is 1.50 bits per heavy atom. The molecule has 18 heavy (non-hydrogen) atoms. The Balaban J connectivity index is 2.12. The standard InChI is InChI=1S/C17H28O/c1-4-5-6-7-8-9-14-18-17-12-10-16(11-13-17)15(2)3/h10-13,15H,4-9,14H2,1-3H3. The van der Waals surface area contributed by atoms with Crippen LogP contribution >= 0.6 is 0 Å². The molecule has 1 heteroatoms.